The second-order valence-electron chi connectivity index (χ2n) is 6.41. The Labute approximate surface area is 187 Å². The summed E-state index contributed by atoms with van der Waals surface area (Å²) in [6.07, 6.45) is 2.75. The Kier molecular flexibility index (Phi) is 7.25. The molecule has 0 spiro atoms. The van der Waals surface area contributed by atoms with E-state index in [1.54, 1.807) is 4.90 Å². The Morgan fingerprint density at radius 2 is 2.00 bits per heavy atom. The van der Waals surface area contributed by atoms with Gasteiger partial charge in [-0.1, -0.05) is 59.9 Å². The molecule has 0 atom stereocenters. The number of carbonyl (C=O) groups is 2. The van der Waals surface area contributed by atoms with Crippen molar-refractivity contribution in [3.8, 4) is 0 Å². The molecule has 2 amide bonds. The van der Waals surface area contributed by atoms with E-state index in [-0.39, 0.29) is 11.8 Å². The minimum absolute atomic E-state index is 0.0670. The van der Waals surface area contributed by atoms with Crippen LogP contribution in [0, 0.1) is 10.5 Å². The summed E-state index contributed by atoms with van der Waals surface area (Å²) in [5.41, 5.74) is 2.93. The molecular weight excluding hydrogens is 503 g/mol. The number of aryl methyl sites for hydroxylation is 1. The van der Waals surface area contributed by atoms with Gasteiger partial charge in [0.1, 0.15) is 4.32 Å². The monoisotopic (exact) mass is 522 g/mol. The van der Waals surface area contributed by atoms with Crippen LogP contribution >= 0.6 is 46.6 Å². The zero-order chi connectivity index (χ0) is 20.1. The van der Waals surface area contributed by atoms with E-state index >= 15 is 0 Å². The quantitative estimate of drug-likeness (QED) is 0.321. The zero-order valence-corrected chi connectivity index (χ0v) is 19.1. The number of anilines is 1. The summed E-state index contributed by atoms with van der Waals surface area (Å²) in [4.78, 5) is 27.0. The first-order valence-electron chi connectivity index (χ1n) is 8.80. The molecule has 1 aliphatic rings. The molecular formula is C21H19IN2O2S2. The molecule has 2 aromatic rings. The summed E-state index contributed by atoms with van der Waals surface area (Å²) in [5.74, 6) is -0.156. The van der Waals surface area contributed by atoms with Crippen molar-refractivity contribution in [2.24, 2.45) is 0 Å². The maximum absolute atomic E-state index is 12.6. The molecule has 144 valence electrons. The summed E-state index contributed by atoms with van der Waals surface area (Å²) in [5, 5.41) is 2.88. The second kappa shape index (κ2) is 9.67. The maximum Gasteiger partial charge on any atom is 0.266 e. The van der Waals surface area contributed by atoms with E-state index in [0.717, 1.165) is 14.8 Å². The fourth-order valence-electron chi connectivity index (χ4n) is 2.69. The number of thiocarbonyl (C=S) groups is 1. The van der Waals surface area contributed by atoms with Gasteiger partial charge in [0, 0.05) is 22.2 Å². The third kappa shape index (κ3) is 5.65. The standard InChI is InChI=1S/C21H19IN2O2S2/c1-14-7-9-15(10-8-14)12-18-20(26)24(21(27)28-18)11-3-6-19(25)23-17-5-2-4-16(22)13-17/h2,4-5,7-10,12-13H,3,6,11H2,1H3,(H,23,25). The Bertz CT molecular complexity index is 942. The zero-order valence-electron chi connectivity index (χ0n) is 15.3. The van der Waals surface area contributed by atoms with Crippen molar-refractivity contribution in [2.45, 2.75) is 19.8 Å². The van der Waals surface area contributed by atoms with Crippen LogP contribution in [0.2, 0.25) is 0 Å². The van der Waals surface area contributed by atoms with Crippen LogP contribution in [0.15, 0.2) is 53.4 Å². The number of hydrogen-bond donors (Lipinski definition) is 1. The van der Waals surface area contributed by atoms with Crippen LogP contribution in [0.4, 0.5) is 5.69 Å². The van der Waals surface area contributed by atoms with Crippen LogP contribution in [-0.2, 0) is 9.59 Å². The van der Waals surface area contributed by atoms with Crippen LogP contribution in [0.1, 0.15) is 24.0 Å². The van der Waals surface area contributed by atoms with E-state index in [1.807, 2.05) is 61.5 Å². The first kappa shape index (κ1) is 21.0. The average Bonchev–Trinajstić information content (AvgIpc) is 2.91. The van der Waals surface area contributed by atoms with E-state index in [9.17, 15) is 9.59 Å². The molecule has 0 unspecified atom stereocenters. The highest BCUT2D eigenvalue weighted by atomic mass is 127. The molecule has 3 rings (SSSR count). The lowest BCUT2D eigenvalue weighted by Gasteiger charge is -2.14. The molecule has 28 heavy (non-hydrogen) atoms. The van der Waals surface area contributed by atoms with Crippen molar-refractivity contribution in [3.63, 3.8) is 0 Å². The van der Waals surface area contributed by atoms with Gasteiger partial charge in [-0.25, -0.2) is 0 Å². The highest BCUT2D eigenvalue weighted by Crippen LogP contribution is 2.32. The normalized spacial score (nSPS) is 15.4. The van der Waals surface area contributed by atoms with Crippen LogP contribution in [0.25, 0.3) is 6.08 Å². The number of hydrogen-bond acceptors (Lipinski definition) is 4. The minimum Gasteiger partial charge on any atom is -0.326 e. The van der Waals surface area contributed by atoms with E-state index in [4.69, 9.17) is 12.2 Å². The number of nitrogens with zero attached hydrogens (tertiary/aromatic N) is 1. The van der Waals surface area contributed by atoms with Gasteiger partial charge in [-0.2, -0.15) is 0 Å². The van der Waals surface area contributed by atoms with Crippen molar-refractivity contribution < 1.29 is 9.59 Å². The van der Waals surface area contributed by atoms with E-state index < -0.39 is 0 Å². The van der Waals surface area contributed by atoms with Gasteiger partial charge >= 0.3 is 0 Å². The molecule has 0 bridgehead atoms. The molecule has 0 saturated carbocycles. The van der Waals surface area contributed by atoms with E-state index in [1.165, 1.54) is 17.3 Å². The largest absolute Gasteiger partial charge is 0.326 e. The molecule has 1 fully saturated rings. The van der Waals surface area contributed by atoms with E-state index in [2.05, 4.69) is 27.9 Å². The van der Waals surface area contributed by atoms with Gasteiger partial charge in [-0.15, -0.1) is 0 Å². The molecule has 0 aliphatic carbocycles. The number of carbonyl (C=O) groups excluding carboxylic acids is 2. The van der Waals surface area contributed by atoms with E-state index in [0.29, 0.717) is 28.6 Å². The molecule has 1 N–H and O–H groups in total. The fraction of sp³-hybridized carbons (Fsp3) is 0.190. The summed E-state index contributed by atoms with van der Waals surface area (Å²) in [6, 6.07) is 15.6. The summed E-state index contributed by atoms with van der Waals surface area (Å²) in [7, 11) is 0. The van der Waals surface area contributed by atoms with Crippen molar-refractivity contribution >= 4 is 74.5 Å². The van der Waals surface area contributed by atoms with Crippen molar-refractivity contribution in [2.75, 3.05) is 11.9 Å². The van der Waals surface area contributed by atoms with Gasteiger partial charge in [-0.3, -0.25) is 14.5 Å². The number of rotatable bonds is 6. The molecule has 2 aromatic carbocycles. The van der Waals surface area contributed by atoms with Gasteiger partial charge in [-0.05, 0) is 65.8 Å². The lowest BCUT2D eigenvalue weighted by atomic mass is 10.1. The third-order valence-corrected chi connectivity index (χ3v) is 6.19. The number of halogens is 1. The number of nitrogens with one attached hydrogen (secondary N) is 1. The van der Waals surface area contributed by atoms with Crippen LogP contribution in [0.3, 0.4) is 0 Å². The van der Waals surface area contributed by atoms with Crippen molar-refractivity contribution in [1.29, 1.82) is 0 Å². The Balaban J connectivity index is 1.53. The molecule has 1 heterocycles. The third-order valence-electron chi connectivity index (χ3n) is 4.14. The first-order chi connectivity index (χ1) is 13.4. The number of amides is 2. The SMILES string of the molecule is Cc1ccc(C=C2SC(=S)N(CCCC(=O)Nc3cccc(I)c3)C2=O)cc1. The van der Waals surface area contributed by atoms with Crippen LogP contribution in [-0.4, -0.2) is 27.6 Å². The predicted molar refractivity (Wildman–Crippen MR) is 128 cm³/mol. The first-order valence-corrected chi connectivity index (χ1v) is 11.1. The maximum atomic E-state index is 12.6. The molecule has 0 radical (unpaired) electrons. The summed E-state index contributed by atoms with van der Waals surface area (Å²) in [6.45, 7) is 2.47. The number of benzene rings is 2. The van der Waals surface area contributed by atoms with Crippen LogP contribution in [0.5, 0.6) is 0 Å². The van der Waals surface area contributed by atoms with Crippen molar-refractivity contribution in [3.05, 3.63) is 68.1 Å². The van der Waals surface area contributed by atoms with Gasteiger partial charge in [0.25, 0.3) is 5.91 Å². The smallest absolute Gasteiger partial charge is 0.266 e. The molecule has 1 saturated heterocycles. The lowest BCUT2D eigenvalue weighted by molar-refractivity contribution is -0.122. The molecule has 7 heteroatoms. The summed E-state index contributed by atoms with van der Waals surface area (Å²) < 4.78 is 1.61. The molecule has 0 aromatic heterocycles. The summed E-state index contributed by atoms with van der Waals surface area (Å²) >= 11 is 8.87. The highest BCUT2D eigenvalue weighted by Gasteiger charge is 2.31. The Hall–Kier alpha value is -1.71. The Morgan fingerprint density at radius 1 is 1.25 bits per heavy atom. The Morgan fingerprint density at radius 3 is 2.71 bits per heavy atom. The van der Waals surface area contributed by atoms with Gasteiger partial charge < -0.3 is 5.32 Å². The van der Waals surface area contributed by atoms with Crippen LogP contribution < -0.4 is 5.32 Å². The molecule has 4 nitrogen and oxygen atoms in total. The predicted octanol–water partition coefficient (Wildman–Crippen LogP) is 5.22. The average molecular weight is 522 g/mol. The van der Waals surface area contributed by atoms with Crippen molar-refractivity contribution in [1.82, 2.24) is 4.90 Å². The molecule has 1 aliphatic heterocycles. The second-order valence-corrected chi connectivity index (χ2v) is 9.33. The van der Waals surface area contributed by atoms with Gasteiger partial charge in [0.15, 0.2) is 0 Å². The highest BCUT2D eigenvalue weighted by molar-refractivity contribution is 14.1. The topological polar surface area (TPSA) is 49.4 Å². The van der Waals surface area contributed by atoms with Gasteiger partial charge in [0.05, 0.1) is 4.91 Å². The fourth-order valence-corrected chi connectivity index (χ4v) is 4.55. The number of thioether (sulfide) groups is 1. The lowest BCUT2D eigenvalue weighted by Crippen LogP contribution is -2.29. The van der Waals surface area contributed by atoms with Gasteiger partial charge in [0.2, 0.25) is 5.91 Å². The minimum atomic E-state index is -0.0893.